The van der Waals surface area contributed by atoms with Gasteiger partial charge in [0.1, 0.15) is 11.4 Å². The van der Waals surface area contributed by atoms with E-state index in [9.17, 15) is 0 Å². The molecule has 0 saturated carbocycles. The van der Waals surface area contributed by atoms with Gasteiger partial charge in [0.2, 0.25) is 0 Å². The second-order valence-corrected chi connectivity index (χ2v) is 4.24. The van der Waals surface area contributed by atoms with Crippen molar-refractivity contribution < 1.29 is 4.74 Å². The maximum Gasteiger partial charge on any atom is 0.122 e. The van der Waals surface area contributed by atoms with E-state index in [-0.39, 0.29) is 0 Å². The predicted molar refractivity (Wildman–Crippen MR) is 74.2 cm³/mol. The van der Waals surface area contributed by atoms with Crippen LogP contribution in [-0.2, 0) is 0 Å². The molecule has 0 atom stereocenters. The summed E-state index contributed by atoms with van der Waals surface area (Å²) in [5.74, 6) is 0.930. The number of H-pyrrole nitrogens is 1. The van der Waals surface area contributed by atoms with E-state index in [0.29, 0.717) is 6.61 Å². The summed E-state index contributed by atoms with van der Waals surface area (Å²) in [6.07, 6.45) is 0. The second-order valence-electron chi connectivity index (χ2n) is 4.24. The largest absolute Gasteiger partial charge is 0.494 e. The fourth-order valence-corrected chi connectivity index (χ4v) is 2.06. The number of aromatic amines is 1. The lowest BCUT2D eigenvalue weighted by molar-refractivity contribution is 0.338. The van der Waals surface area contributed by atoms with E-state index in [4.69, 9.17) is 4.74 Å². The van der Waals surface area contributed by atoms with Gasteiger partial charge >= 0.3 is 0 Å². The Morgan fingerprint density at radius 2 is 2.11 bits per heavy atom. The molecule has 0 saturated heterocycles. The Bertz CT molecular complexity index is 546. The zero-order valence-electron chi connectivity index (χ0n) is 11.3. The highest BCUT2D eigenvalue weighted by molar-refractivity contribution is 5.76. The molecule has 4 nitrogen and oxygen atoms in total. The zero-order chi connectivity index (χ0) is 13.1. The number of ether oxygens (including phenoxy) is 1. The van der Waals surface area contributed by atoms with Crippen LogP contribution in [0.5, 0.6) is 5.75 Å². The van der Waals surface area contributed by atoms with Crippen LogP contribution in [0.2, 0.25) is 0 Å². The van der Waals surface area contributed by atoms with Gasteiger partial charge in [-0.2, -0.15) is 5.10 Å². The highest BCUT2D eigenvalue weighted by Gasteiger charge is 2.12. The van der Waals surface area contributed by atoms with Gasteiger partial charge in [-0.05, 0) is 44.5 Å². The molecule has 0 unspecified atom stereocenters. The summed E-state index contributed by atoms with van der Waals surface area (Å²) >= 11 is 0. The standard InChI is InChI=1S/C14H19N3O/c1-5-18-12-7-6-11(8-9(12)2)14-13(15-4)10(3)16-17-14/h6-8,15H,5H2,1-4H3,(H,16,17). The van der Waals surface area contributed by atoms with Gasteiger partial charge in [0.15, 0.2) is 0 Å². The van der Waals surface area contributed by atoms with Crippen LogP contribution >= 0.6 is 0 Å². The number of anilines is 1. The van der Waals surface area contributed by atoms with Crippen LogP contribution < -0.4 is 10.1 Å². The predicted octanol–water partition coefficient (Wildman–Crippen LogP) is 3.13. The third-order valence-corrected chi connectivity index (χ3v) is 2.95. The van der Waals surface area contributed by atoms with Crippen molar-refractivity contribution in [1.29, 1.82) is 0 Å². The minimum absolute atomic E-state index is 0.684. The first-order chi connectivity index (χ1) is 8.67. The lowest BCUT2D eigenvalue weighted by Gasteiger charge is -2.09. The van der Waals surface area contributed by atoms with Crippen molar-refractivity contribution in [2.45, 2.75) is 20.8 Å². The molecule has 1 heterocycles. The summed E-state index contributed by atoms with van der Waals surface area (Å²) in [6.45, 7) is 6.73. The van der Waals surface area contributed by atoms with Crippen molar-refractivity contribution in [1.82, 2.24) is 10.2 Å². The van der Waals surface area contributed by atoms with Crippen LogP contribution in [0.1, 0.15) is 18.2 Å². The Labute approximate surface area is 107 Å². The fraction of sp³-hybridized carbons (Fsp3) is 0.357. The van der Waals surface area contributed by atoms with Crippen molar-refractivity contribution in [3.63, 3.8) is 0 Å². The Morgan fingerprint density at radius 1 is 1.33 bits per heavy atom. The number of hydrogen-bond acceptors (Lipinski definition) is 3. The Kier molecular flexibility index (Phi) is 3.55. The molecule has 2 rings (SSSR count). The highest BCUT2D eigenvalue weighted by Crippen LogP contribution is 2.31. The molecule has 96 valence electrons. The SMILES string of the molecule is CCOc1ccc(-c2n[nH]c(C)c2NC)cc1C. The number of aryl methyl sites for hydroxylation is 2. The van der Waals surface area contributed by atoms with E-state index in [2.05, 4.69) is 21.6 Å². The molecule has 4 heteroatoms. The maximum atomic E-state index is 5.55. The van der Waals surface area contributed by atoms with Gasteiger partial charge in [-0.1, -0.05) is 0 Å². The number of hydrogen-bond donors (Lipinski definition) is 2. The maximum absolute atomic E-state index is 5.55. The molecule has 0 bridgehead atoms. The Morgan fingerprint density at radius 3 is 2.72 bits per heavy atom. The molecule has 0 aliphatic rings. The molecule has 0 amide bonds. The van der Waals surface area contributed by atoms with Crippen molar-refractivity contribution in [3.8, 4) is 17.0 Å². The molecular weight excluding hydrogens is 226 g/mol. The average Bonchev–Trinajstić information content (AvgIpc) is 2.73. The Balaban J connectivity index is 2.42. The first kappa shape index (κ1) is 12.5. The summed E-state index contributed by atoms with van der Waals surface area (Å²) in [5.41, 5.74) is 5.24. The summed E-state index contributed by atoms with van der Waals surface area (Å²) in [6, 6.07) is 6.13. The molecule has 0 aliphatic carbocycles. The van der Waals surface area contributed by atoms with E-state index in [1.54, 1.807) is 0 Å². The number of aromatic nitrogens is 2. The molecule has 1 aromatic carbocycles. The number of nitrogens with zero attached hydrogens (tertiary/aromatic N) is 1. The molecule has 2 aromatic rings. The molecule has 0 aliphatic heterocycles. The smallest absolute Gasteiger partial charge is 0.122 e. The van der Waals surface area contributed by atoms with Crippen LogP contribution in [0, 0.1) is 13.8 Å². The molecule has 0 spiro atoms. The lowest BCUT2D eigenvalue weighted by Crippen LogP contribution is -1.95. The van der Waals surface area contributed by atoms with Gasteiger partial charge in [-0.3, -0.25) is 5.10 Å². The third-order valence-electron chi connectivity index (χ3n) is 2.95. The quantitative estimate of drug-likeness (QED) is 0.870. The third kappa shape index (κ3) is 2.18. The van der Waals surface area contributed by atoms with Crippen LogP contribution in [-0.4, -0.2) is 23.9 Å². The summed E-state index contributed by atoms with van der Waals surface area (Å²) in [5, 5.41) is 10.5. The highest BCUT2D eigenvalue weighted by atomic mass is 16.5. The molecular formula is C14H19N3O. The molecule has 0 fully saturated rings. The van der Waals surface area contributed by atoms with Gasteiger partial charge in [0.05, 0.1) is 18.0 Å². The van der Waals surface area contributed by atoms with E-state index < -0.39 is 0 Å². The molecule has 18 heavy (non-hydrogen) atoms. The van der Waals surface area contributed by atoms with Gasteiger partial charge in [0, 0.05) is 12.6 Å². The molecule has 2 N–H and O–H groups in total. The van der Waals surface area contributed by atoms with Crippen LogP contribution in [0.25, 0.3) is 11.3 Å². The second kappa shape index (κ2) is 5.12. The van der Waals surface area contributed by atoms with Crippen LogP contribution in [0.15, 0.2) is 18.2 Å². The van der Waals surface area contributed by atoms with Gasteiger partial charge < -0.3 is 10.1 Å². The summed E-state index contributed by atoms with van der Waals surface area (Å²) < 4.78 is 5.55. The summed E-state index contributed by atoms with van der Waals surface area (Å²) in [7, 11) is 1.91. The van der Waals surface area contributed by atoms with Crippen molar-refractivity contribution >= 4 is 5.69 Å². The fourth-order valence-electron chi connectivity index (χ4n) is 2.06. The first-order valence-corrected chi connectivity index (χ1v) is 6.14. The topological polar surface area (TPSA) is 49.9 Å². The lowest BCUT2D eigenvalue weighted by atomic mass is 10.1. The number of benzene rings is 1. The van der Waals surface area contributed by atoms with E-state index in [1.165, 1.54) is 0 Å². The molecule has 1 aromatic heterocycles. The number of nitrogens with one attached hydrogen (secondary N) is 2. The summed E-state index contributed by atoms with van der Waals surface area (Å²) in [4.78, 5) is 0. The van der Waals surface area contributed by atoms with E-state index in [1.807, 2.05) is 40.0 Å². The van der Waals surface area contributed by atoms with E-state index >= 15 is 0 Å². The first-order valence-electron chi connectivity index (χ1n) is 6.14. The van der Waals surface area contributed by atoms with Crippen LogP contribution in [0.3, 0.4) is 0 Å². The number of rotatable bonds is 4. The van der Waals surface area contributed by atoms with Crippen molar-refractivity contribution in [3.05, 3.63) is 29.5 Å². The monoisotopic (exact) mass is 245 g/mol. The van der Waals surface area contributed by atoms with Gasteiger partial charge in [-0.25, -0.2) is 0 Å². The molecule has 0 radical (unpaired) electrons. The Hall–Kier alpha value is -1.97. The van der Waals surface area contributed by atoms with Gasteiger partial charge in [-0.15, -0.1) is 0 Å². The van der Waals surface area contributed by atoms with Gasteiger partial charge in [0.25, 0.3) is 0 Å². The zero-order valence-corrected chi connectivity index (χ0v) is 11.3. The minimum atomic E-state index is 0.684. The van der Waals surface area contributed by atoms with Crippen LogP contribution in [0.4, 0.5) is 5.69 Å². The van der Waals surface area contributed by atoms with Crippen molar-refractivity contribution in [2.24, 2.45) is 0 Å². The minimum Gasteiger partial charge on any atom is -0.494 e. The van der Waals surface area contributed by atoms with Crippen molar-refractivity contribution in [2.75, 3.05) is 19.0 Å². The average molecular weight is 245 g/mol. The normalized spacial score (nSPS) is 10.4. The van der Waals surface area contributed by atoms with E-state index in [0.717, 1.165) is 34.0 Å².